The molecule has 1 atom stereocenters. The van der Waals surface area contributed by atoms with Crippen LogP contribution in [0.4, 0.5) is 0 Å². The normalized spacial score (nSPS) is 22.5. The molecule has 1 fully saturated rings. The second kappa shape index (κ2) is 4.62. The van der Waals surface area contributed by atoms with Gasteiger partial charge in [0, 0.05) is 6.04 Å². The van der Waals surface area contributed by atoms with E-state index in [2.05, 4.69) is 51.8 Å². The number of aromatic nitrogens is 1. The van der Waals surface area contributed by atoms with Gasteiger partial charge in [0.05, 0.1) is 11.7 Å². The van der Waals surface area contributed by atoms with Crippen LogP contribution in [0.5, 0.6) is 0 Å². The molecular formula is C12H17BrN2. The Hall–Kier alpha value is -0.410. The molecule has 0 spiro atoms. The second-order valence-corrected chi connectivity index (χ2v) is 5.19. The van der Waals surface area contributed by atoms with E-state index >= 15 is 0 Å². The molecule has 0 saturated carbocycles. The molecule has 0 amide bonds. The third kappa shape index (κ3) is 2.40. The molecule has 0 aromatic carbocycles. The van der Waals surface area contributed by atoms with E-state index in [4.69, 9.17) is 0 Å². The van der Waals surface area contributed by atoms with E-state index in [0.29, 0.717) is 12.1 Å². The lowest BCUT2D eigenvalue weighted by Gasteiger charge is -2.27. The van der Waals surface area contributed by atoms with Gasteiger partial charge < -0.3 is 0 Å². The van der Waals surface area contributed by atoms with Gasteiger partial charge in [0.1, 0.15) is 4.60 Å². The monoisotopic (exact) mass is 268 g/mol. The van der Waals surface area contributed by atoms with Gasteiger partial charge in [0.25, 0.3) is 0 Å². The van der Waals surface area contributed by atoms with Gasteiger partial charge >= 0.3 is 0 Å². The Kier molecular flexibility index (Phi) is 3.42. The van der Waals surface area contributed by atoms with Crippen LogP contribution in [0, 0.1) is 0 Å². The first-order valence-electron chi connectivity index (χ1n) is 5.56. The van der Waals surface area contributed by atoms with E-state index in [1.807, 2.05) is 6.07 Å². The van der Waals surface area contributed by atoms with Crippen LogP contribution in [0.2, 0.25) is 0 Å². The third-order valence-corrected chi connectivity index (χ3v) is 3.48. The van der Waals surface area contributed by atoms with E-state index in [1.165, 1.54) is 25.1 Å². The van der Waals surface area contributed by atoms with Gasteiger partial charge in [-0.05, 0) is 61.3 Å². The summed E-state index contributed by atoms with van der Waals surface area (Å²) in [6.07, 6.45) is 2.53. The summed E-state index contributed by atoms with van der Waals surface area (Å²) < 4.78 is 0.940. The molecule has 3 heteroatoms. The Morgan fingerprint density at radius 2 is 2.27 bits per heavy atom. The van der Waals surface area contributed by atoms with Crippen LogP contribution in [0.3, 0.4) is 0 Å². The molecule has 2 rings (SSSR count). The number of hydrogen-bond donors (Lipinski definition) is 0. The maximum Gasteiger partial charge on any atom is 0.106 e. The maximum atomic E-state index is 4.56. The summed E-state index contributed by atoms with van der Waals surface area (Å²) in [5, 5.41) is 0. The summed E-state index contributed by atoms with van der Waals surface area (Å²) in [7, 11) is 0. The van der Waals surface area contributed by atoms with Gasteiger partial charge in [0.15, 0.2) is 0 Å². The molecule has 2 nitrogen and oxygen atoms in total. The van der Waals surface area contributed by atoms with Crippen molar-refractivity contribution in [1.82, 2.24) is 9.88 Å². The molecular weight excluding hydrogens is 252 g/mol. The second-order valence-electron chi connectivity index (χ2n) is 4.37. The highest BCUT2D eigenvalue weighted by molar-refractivity contribution is 9.10. The average Bonchev–Trinajstić information content (AvgIpc) is 2.65. The zero-order chi connectivity index (χ0) is 10.8. The first kappa shape index (κ1) is 11.1. The highest BCUT2D eigenvalue weighted by Gasteiger charge is 2.28. The van der Waals surface area contributed by atoms with E-state index in [1.54, 1.807) is 0 Å². The largest absolute Gasteiger partial charge is 0.292 e. The molecule has 0 N–H and O–H groups in total. The van der Waals surface area contributed by atoms with Crippen molar-refractivity contribution in [1.29, 1.82) is 0 Å². The third-order valence-electron chi connectivity index (χ3n) is 3.04. The van der Waals surface area contributed by atoms with Crippen LogP contribution >= 0.6 is 15.9 Å². The van der Waals surface area contributed by atoms with Crippen LogP contribution in [-0.2, 0) is 0 Å². The lowest BCUT2D eigenvalue weighted by molar-refractivity contribution is 0.202. The van der Waals surface area contributed by atoms with Gasteiger partial charge in [-0.1, -0.05) is 6.07 Å². The highest BCUT2D eigenvalue weighted by Crippen LogP contribution is 2.32. The highest BCUT2D eigenvalue weighted by atomic mass is 79.9. The van der Waals surface area contributed by atoms with Crippen molar-refractivity contribution in [2.24, 2.45) is 0 Å². The lowest BCUT2D eigenvalue weighted by atomic mass is 10.1. The Morgan fingerprint density at radius 1 is 1.47 bits per heavy atom. The van der Waals surface area contributed by atoms with Gasteiger partial charge in [-0.2, -0.15) is 0 Å². The summed E-state index contributed by atoms with van der Waals surface area (Å²) in [5.41, 5.74) is 1.20. The Balaban J connectivity index is 2.22. The van der Waals surface area contributed by atoms with Crippen LogP contribution in [-0.4, -0.2) is 22.5 Å². The van der Waals surface area contributed by atoms with Gasteiger partial charge in [-0.15, -0.1) is 0 Å². The van der Waals surface area contributed by atoms with E-state index in [0.717, 1.165) is 4.60 Å². The standard InChI is InChI=1S/C12H17BrN2/c1-9(2)15-8-4-6-11(15)10-5-3-7-12(13)14-10/h3,5,7,9,11H,4,6,8H2,1-2H3/t11-/m1/s1. The quantitative estimate of drug-likeness (QED) is 0.765. The summed E-state index contributed by atoms with van der Waals surface area (Å²) in [6, 6.07) is 7.32. The average molecular weight is 269 g/mol. The minimum Gasteiger partial charge on any atom is -0.292 e. The van der Waals surface area contributed by atoms with Crippen LogP contribution in [0.1, 0.15) is 38.4 Å². The fourth-order valence-corrected chi connectivity index (χ4v) is 2.69. The minimum absolute atomic E-state index is 0.516. The molecule has 82 valence electrons. The molecule has 1 aromatic heterocycles. The molecule has 1 aliphatic heterocycles. The van der Waals surface area contributed by atoms with Crippen molar-refractivity contribution >= 4 is 15.9 Å². The van der Waals surface area contributed by atoms with Crippen molar-refractivity contribution in [3.8, 4) is 0 Å². The summed E-state index contributed by atoms with van der Waals surface area (Å²) in [5.74, 6) is 0. The zero-order valence-corrected chi connectivity index (χ0v) is 10.9. The number of hydrogen-bond acceptors (Lipinski definition) is 2. The Labute approximate surface area is 99.8 Å². The SMILES string of the molecule is CC(C)N1CCC[C@@H]1c1cccc(Br)n1. The van der Waals surface area contributed by atoms with E-state index in [-0.39, 0.29) is 0 Å². The van der Waals surface area contributed by atoms with E-state index < -0.39 is 0 Å². The first-order chi connectivity index (χ1) is 7.18. The molecule has 0 radical (unpaired) electrons. The van der Waals surface area contributed by atoms with Crippen LogP contribution in [0.15, 0.2) is 22.8 Å². The Bertz CT molecular complexity index is 338. The van der Waals surface area contributed by atoms with Crippen molar-refractivity contribution in [3.63, 3.8) is 0 Å². The first-order valence-corrected chi connectivity index (χ1v) is 6.36. The van der Waals surface area contributed by atoms with Crippen molar-refractivity contribution in [2.45, 2.75) is 38.8 Å². The number of halogens is 1. The number of pyridine rings is 1. The fraction of sp³-hybridized carbons (Fsp3) is 0.583. The van der Waals surface area contributed by atoms with Crippen molar-refractivity contribution in [3.05, 3.63) is 28.5 Å². The topological polar surface area (TPSA) is 16.1 Å². The molecule has 1 aliphatic rings. The summed E-state index contributed by atoms with van der Waals surface area (Å²) in [4.78, 5) is 7.10. The van der Waals surface area contributed by atoms with Gasteiger partial charge in [-0.3, -0.25) is 4.90 Å². The molecule has 0 unspecified atom stereocenters. The van der Waals surface area contributed by atoms with E-state index in [9.17, 15) is 0 Å². The lowest BCUT2D eigenvalue weighted by Crippen LogP contribution is -2.30. The van der Waals surface area contributed by atoms with Crippen LogP contribution < -0.4 is 0 Å². The van der Waals surface area contributed by atoms with Crippen molar-refractivity contribution in [2.75, 3.05) is 6.54 Å². The van der Waals surface area contributed by atoms with Gasteiger partial charge in [-0.25, -0.2) is 4.98 Å². The molecule has 15 heavy (non-hydrogen) atoms. The molecule has 2 heterocycles. The summed E-state index contributed by atoms with van der Waals surface area (Å²) >= 11 is 3.44. The van der Waals surface area contributed by atoms with Crippen LogP contribution in [0.25, 0.3) is 0 Å². The maximum absolute atomic E-state index is 4.56. The fourth-order valence-electron chi connectivity index (χ4n) is 2.33. The molecule has 0 bridgehead atoms. The predicted molar refractivity (Wildman–Crippen MR) is 65.8 cm³/mol. The van der Waals surface area contributed by atoms with Gasteiger partial charge in [0.2, 0.25) is 0 Å². The molecule has 0 aliphatic carbocycles. The van der Waals surface area contributed by atoms with Crippen molar-refractivity contribution < 1.29 is 0 Å². The number of nitrogens with zero attached hydrogens (tertiary/aromatic N) is 2. The summed E-state index contributed by atoms with van der Waals surface area (Å²) in [6.45, 7) is 5.73. The molecule has 1 aromatic rings. The zero-order valence-electron chi connectivity index (χ0n) is 9.28. The minimum atomic E-state index is 0.516. The number of likely N-dealkylation sites (tertiary alicyclic amines) is 1. The smallest absolute Gasteiger partial charge is 0.106 e. The predicted octanol–water partition coefficient (Wildman–Crippen LogP) is 3.39. The molecule has 1 saturated heterocycles. The Morgan fingerprint density at radius 3 is 2.93 bits per heavy atom. The number of rotatable bonds is 2.